The van der Waals surface area contributed by atoms with Gasteiger partial charge in [0.15, 0.2) is 0 Å². The highest BCUT2D eigenvalue weighted by molar-refractivity contribution is 7.99. The Kier molecular flexibility index (Phi) is 5.00. The number of nitrogens with zero attached hydrogens (tertiary/aromatic N) is 1. The largest absolute Gasteiger partial charge is 0.477 e. The fourth-order valence-electron chi connectivity index (χ4n) is 2.68. The molecule has 8 heteroatoms. The van der Waals surface area contributed by atoms with Gasteiger partial charge in [-0.3, -0.25) is 0 Å². The number of carboxylic acid groups (broad SMARTS) is 1. The number of carboxylic acids is 1. The minimum atomic E-state index is -3.68. The van der Waals surface area contributed by atoms with Crippen molar-refractivity contribution in [1.82, 2.24) is 9.29 Å². The molecule has 21 heavy (non-hydrogen) atoms. The number of aryl methyl sites for hydroxylation is 1. The van der Waals surface area contributed by atoms with Gasteiger partial charge < -0.3 is 9.67 Å². The van der Waals surface area contributed by atoms with Crippen LogP contribution in [-0.4, -0.2) is 41.6 Å². The quantitative estimate of drug-likeness (QED) is 0.829. The van der Waals surface area contributed by atoms with Gasteiger partial charge in [-0.1, -0.05) is 6.42 Å². The Morgan fingerprint density at radius 2 is 2.24 bits per heavy atom. The van der Waals surface area contributed by atoms with Crippen LogP contribution < -0.4 is 4.72 Å². The highest BCUT2D eigenvalue weighted by atomic mass is 32.2. The van der Waals surface area contributed by atoms with Crippen molar-refractivity contribution in [3.05, 3.63) is 18.0 Å². The first kappa shape index (κ1) is 16.4. The van der Waals surface area contributed by atoms with Crippen LogP contribution in [0, 0.1) is 0 Å². The molecule has 6 nitrogen and oxygen atoms in total. The monoisotopic (exact) mass is 332 g/mol. The molecule has 2 atom stereocenters. The first-order chi connectivity index (χ1) is 9.89. The van der Waals surface area contributed by atoms with E-state index in [4.69, 9.17) is 5.11 Å². The lowest BCUT2D eigenvalue weighted by Crippen LogP contribution is -2.38. The standard InChI is InChI=1S/C13H20N2O4S2/c1-3-15-8-9(7-11(15)13(16)17)21(18,19)14-10-5-4-6-12(10)20-2/h7-8,10,12,14H,3-6H2,1-2H3,(H,16,17). The third kappa shape index (κ3) is 3.44. The summed E-state index contributed by atoms with van der Waals surface area (Å²) in [6.07, 6.45) is 6.20. The van der Waals surface area contributed by atoms with Gasteiger partial charge in [-0.05, 0) is 32.1 Å². The van der Waals surface area contributed by atoms with Gasteiger partial charge in [-0.15, -0.1) is 0 Å². The number of rotatable bonds is 6. The van der Waals surface area contributed by atoms with Crippen LogP contribution in [-0.2, 0) is 16.6 Å². The molecule has 1 saturated carbocycles. The van der Waals surface area contributed by atoms with E-state index >= 15 is 0 Å². The summed E-state index contributed by atoms with van der Waals surface area (Å²) in [4.78, 5) is 11.1. The Morgan fingerprint density at radius 1 is 1.52 bits per heavy atom. The van der Waals surface area contributed by atoms with Crippen molar-refractivity contribution in [2.45, 2.75) is 48.9 Å². The molecule has 0 aliphatic heterocycles. The molecule has 1 aromatic rings. The maximum atomic E-state index is 12.4. The van der Waals surface area contributed by atoms with Crippen molar-refractivity contribution in [2.24, 2.45) is 0 Å². The summed E-state index contributed by atoms with van der Waals surface area (Å²) < 4.78 is 29.0. The zero-order chi connectivity index (χ0) is 15.6. The third-order valence-corrected chi connectivity index (χ3v) is 6.43. The Labute approximate surface area is 129 Å². The van der Waals surface area contributed by atoms with Gasteiger partial charge in [0.25, 0.3) is 0 Å². The SMILES string of the molecule is CCn1cc(S(=O)(=O)NC2CCCC2SC)cc1C(=O)O. The molecule has 0 radical (unpaired) electrons. The van der Waals surface area contributed by atoms with Crippen LogP contribution in [0.15, 0.2) is 17.2 Å². The molecule has 2 rings (SSSR count). The van der Waals surface area contributed by atoms with Gasteiger partial charge in [0.1, 0.15) is 10.6 Å². The first-order valence-electron chi connectivity index (χ1n) is 6.87. The minimum absolute atomic E-state index is 0.00860. The molecule has 0 spiro atoms. The molecule has 0 aromatic carbocycles. The summed E-state index contributed by atoms with van der Waals surface area (Å²) >= 11 is 1.67. The number of thioether (sulfide) groups is 1. The molecule has 1 heterocycles. The summed E-state index contributed by atoms with van der Waals surface area (Å²) in [5.74, 6) is -1.12. The number of nitrogens with one attached hydrogen (secondary N) is 1. The fraction of sp³-hybridized carbons (Fsp3) is 0.615. The molecule has 118 valence electrons. The lowest BCUT2D eigenvalue weighted by Gasteiger charge is -2.18. The second kappa shape index (κ2) is 6.41. The number of sulfonamides is 1. The topological polar surface area (TPSA) is 88.4 Å². The van der Waals surface area contributed by atoms with Crippen LogP contribution in [0.1, 0.15) is 36.7 Å². The summed E-state index contributed by atoms with van der Waals surface area (Å²) in [6, 6.07) is 1.14. The van der Waals surface area contributed by atoms with E-state index in [9.17, 15) is 13.2 Å². The molecule has 0 amide bonds. The maximum absolute atomic E-state index is 12.4. The summed E-state index contributed by atoms with van der Waals surface area (Å²) in [5, 5.41) is 9.39. The summed E-state index contributed by atoms with van der Waals surface area (Å²) in [6.45, 7) is 2.19. The van der Waals surface area contributed by atoms with Gasteiger partial charge in [-0.25, -0.2) is 17.9 Å². The van der Waals surface area contributed by atoms with E-state index in [1.54, 1.807) is 18.7 Å². The Bertz CT molecular complexity index is 624. The Balaban J connectivity index is 2.25. The van der Waals surface area contributed by atoms with Crippen LogP contribution in [0.25, 0.3) is 0 Å². The highest BCUT2D eigenvalue weighted by Gasteiger charge is 2.31. The molecular weight excluding hydrogens is 312 g/mol. The van der Waals surface area contributed by atoms with E-state index < -0.39 is 16.0 Å². The molecule has 2 unspecified atom stereocenters. The second-order valence-corrected chi connectivity index (χ2v) is 7.88. The predicted octanol–water partition coefficient (Wildman–Crippen LogP) is 1.77. The molecule has 1 fully saturated rings. The average Bonchev–Trinajstić information content (AvgIpc) is 3.03. The number of hydrogen-bond acceptors (Lipinski definition) is 4. The maximum Gasteiger partial charge on any atom is 0.352 e. The lowest BCUT2D eigenvalue weighted by molar-refractivity contribution is 0.0685. The van der Waals surface area contributed by atoms with Crippen molar-refractivity contribution in [2.75, 3.05) is 6.26 Å². The van der Waals surface area contributed by atoms with E-state index in [-0.39, 0.29) is 21.9 Å². The van der Waals surface area contributed by atoms with E-state index in [2.05, 4.69) is 4.72 Å². The molecule has 1 aliphatic rings. The van der Waals surface area contributed by atoms with Crippen LogP contribution in [0.2, 0.25) is 0 Å². The van der Waals surface area contributed by atoms with Crippen molar-refractivity contribution in [3.8, 4) is 0 Å². The summed E-state index contributed by atoms with van der Waals surface area (Å²) in [5.41, 5.74) is -0.00860. The van der Waals surface area contributed by atoms with Crippen LogP contribution >= 0.6 is 11.8 Å². The number of hydrogen-bond donors (Lipinski definition) is 2. The van der Waals surface area contributed by atoms with Crippen LogP contribution in [0.3, 0.4) is 0 Å². The minimum Gasteiger partial charge on any atom is -0.477 e. The Morgan fingerprint density at radius 3 is 2.76 bits per heavy atom. The van der Waals surface area contributed by atoms with Crippen molar-refractivity contribution < 1.29 is 18.3 Å². The van der Waals surface area contributed by atoms with Gasteiger partial charge in [0.05, 0.1) is 0 Å². The lowest BCUT2D eigenvalue weighted by atomic mass is 10.3. The molecular formula is C13H20N2O4S2. The zero-order valence-corrected chi connectivity index (χ0v) is 13.7. The number of aromatic carboxylic acids is 1. The fourth-order valence-corrected chi connectivity index (χ4v) is 5.05. The van der Waals surface area contributed by atoms with Gasteiger partial charge in [0, 0.05) is 24.0 Å². The van der Waals surface area contributed by atoms with Gasteiger partial charge in [0.2, 0.25) is 10.0 Å². The predicted molar refractivity (Wildman–Crippen MR) is 82.3 cm³/mol. The first-order valence-corrected chi connectivity index (χ1v) is 9.64. The van der Waals surface area contributed by atoms with Crippen molar-refractivity contribution in [3.63, 3.8) is 0 Å². The normalized spacial score (nSPS) is 22.6. The number of aromatic nitrogens is 1. The smallest absolute Gasteiger partial charge is 0.352 e. The summed E-state index contributed by atoms with van der Waals surface area (Å²) in [7, 11) is -3.68. The van der Waals surface area contributed by atoms with Crippen LogP contribution in [0.4, 0.5) is 0 Å². The van der Waals surface area contributed by atoms with Crippen LogP contribution in [0.5, 0.6) is 0 Å². The zero-order valence-electron chi connectivity index (χ0n) is 12.1. The molecule has 1 aromatic heterocycles. The van der Waals surface area contributed by atoms with Crippen molar-refractivity contribution >= 4 is 27.8 Å². The molecule has 0 bridgehead atoms. The molecule has 0 saturated heterocycles. The Hall–Kier alpha value is -0.990. The average molecular weight is 332 g/mol. The van der Waals surface area contributed by atoms with E-state index in [1.165, 1.54) is 16.8 Å². The van der Waals surface area contributed by atoms with E-state index in [1.807, 2.05) is 6.26 Å². The molecule has 1 aliphatic carbocycles. The van der Waals surface area contributed by atoms with E-state index in [0.717, 1.165) is 19.3 Å². The second-order valence-electron chi connectivity index (χ2n) is 5.09. The molecule has 2 N–H and O–H groups in total. The highest BCUT2D eigenvalue weighted by Crippen LogP contribution is 2.29. The number of carbonyl (C=O) groups is 1. The van der Waals surface area contributed by atoms with Gasteiger partial charge >= 0.3 is 5.97 Å². The van der Waals surface area contributed by atoms with Gasteiger partial charge in [-0.2, -0.15) is 11.8 Å². The van der Waals surface area contributed by atoms with E-state index in [0.29, 0.717) is 6.54 Å². The van der Waals surface area contributed by atoms with Crippen molar-refractivity contribution in [1.29, 1.82) is 0 Å². The third-order valence-electron chi connectivity index (χ3n) is 3.80.